The third-order valence-electron chi connectivity index (χ3n) is 8.00. The van der Waals surface area contributed by atoms with Gasteiger partial charge in [0.05, 0.1) is 25.2 Å². The van der Waals surface area contributed by atoms with Crippen LogP contribution in [0.4, 0.5) is 0 Å². The molecule has 35 heavy (non-hydrogen) atoms. The van der Waals surface area contributed by atoms with Crippen molar-refractivity contribution in [3.8, 4) is 0 Å². The smallest absolute Gasteiger partial charge is 0.313 e. The topological polar surface area (TPSA) is 96.4 Å². The summed E-state index contributed by atoms with van der Waals surface area (Å²) in [6.45, 7) is 12.2. The van der Waals surface area contributed by atoms with Crippen LogP contribution in [0, 0.1) is 17.8 Å². The highest BCUT2D eigenvalue weighted by atomic mass is 16.6. The number of likely N-dealkylation sites (tertiary alicyclic amines) is 1. The summed E-state index contributed by atoms with van der Waals surface area (Å²) in [6, 6.07) is -1.54. The van der Waals surface area contributed by atoms with E-state index in [1.165, 1.54) is 4.90 Å². The van der Waals surface area contributed by atoms with Crippen molar-refractivity contribution in [2.24, 2.45) is 17.8 Å². The SMILES string of the molecule is CC[C@]12C=CCCOC(=O)[C@H]1[C@H]1C(=O)N([C@@H](CO)CC(C)C)C3C(=O)N(C(C)(C)C)CC=C[C@@]31O2. The summed E-state index contributed by atoms with van der Waals surface area (Å²) in [5.41, 5.74) is -2.86. The maximum absolute atomic E-state index is 14.3. The fourth-order valence-electron chi connectivity index (χ4n) is 6.48. The van der Waals surface area contributed by atoms with Gasteiger partial charge in [-0.25, -0.2) is 0 Å². The Balaban J connectivity index is 1.94. The monoisotopic (exact) mass is 488 g/mol. The number of aliphatic hydroxyl groups excluding tert-OH is 1. The molecule has 0 aromatic rings. The third kappa shape index (κ3) is 3.93. The number of rotatable bonds is 5. The third-order valence-corrected chi connectivity index (χ3v) is 8.00. The highest BCUT2D eigenvalue weighted by Crippen LogP contribution is 2.59. The van der Waals surface area contributed by atoms with Crippen molar-refractivity contribution in [2.45, 2.75) is 89.6 Å². The Morgan fingerprint density at radius 3 is 2.43 bits per heavy atom. The van der Waals surface area contributed by atoms with Gasteiger partial charge in [0.25, 0.3) is 0 Å². The number of carbonyl (C=O) groups is 3. The molecule has 1 spiro atoms. The first-order valence-corrected chi connectivity index (χ1v) is 12.9. The second-order valence-electron chi connectivity index (χ2n) is 11.7. The molecule has 1 unspecified atom stereocenters. The first kappa shape index (κ1) is 25.9. The lowest BCUT2D eigenvalue weighted by molar-refractivity contribution is -0.165. The first-order chi connectivity index (χ1) is 16.4. The highest BCUT2D eigenvalue weighted by molar-refractivity contribution is 5.99. The molecule has 4 aliphatic heterocycles. The lowest BCUT2D eigenvalue weighted by atomic mass is 9.73. The maximum Gasteiger partial charge on any atom is 0.313 e. The Morgan fingerprint density at radius 2 is 1.83 bits per heavy atom. The lowest BCUT2D eigenvalue weighted by Gasteiger charge is -2.43. The lowest BCUT2D eigenvalue weighted by Crippen LogP contribution is -2.61. The van der Waals surface area contributed by atoms with Crippen molar-refractivity contribution in [1.29, 1.82) is 0 Å². The van der Waals surface area contributed by atoms with Crippen molar-refractivity contribution in [3.63, 3.8) is 0 Å². The van der Waals surface area contributed by atoms with Gasteiger partial charge >= 0.3 is 5.97 Å². The van der Waals surface area contributed by atoms with E-state index in [-0.39, 0.29) is 30.9 Å². The van der Waals surface area contributed by atoms with Crippen LogP contribution in [-0.4, -0.2) is 81.3 Å². The Hall–Kier alpha value is -2.19. The molecule has 2 fully saturated rings. The zero-order valence-electron chi connectivity index (χ0n) is 21.8. The standard InChI is InChI=1S/C27H40N2O6/c1-7-26-11-8-9-14-34-24(33)20(26)19-22(31)29(18(16-30)15-17(2)3)21-23(32)28(25(4,5)6)13-10-12-27(19,21)35-26/h8,10-12,17-21,30H,7,9,13-16H2,1-6H3/t18-,19+,20-,21?,26+,27+/m1/s1. The summed E-state index contributed by atoms with van der Waals surface area (Å²) in [4.78, 5) is 45.3. The van der Waals surface area contributed by atoms with Gasteiger partial charge < -0.3 is 24.4 Å². The predicted octanol–water partition coefficient (Wildman–Crippen LogP) is 2.45. The van der Waals surface area contributed by atoms with E-state index in [2.05, 4.69) is 0 Å². The van der Waals surface area contributed by atoms with Crippen LogP contribution >= 0.6 is 0 Å². The molecular weight excluding hydrogens is 448 g/mol. The molecule has 6 atom stereocenters. The Morgan fingerprint density at radius 1 is 1.11 bits per heavy atom. The van der Waals surface area contributed by atoms with E-state index >= 15 is 0 Å². The minimum Gasteiger partial charge on any atom is -0.465 e. The molecular formula is C27H40N2O6. The van der Waals surface area contributed by atoms with Crippen LogP contribution in [0.2, 0.25) is 0 Å². The second-order valence-corrected chi connectivity index (χ2v) is 11.7. The zero-order valence-corrected chi connectivity index (χ0v) is 21.8. The average molecular weight is 489 g/mol. The summed E-state index contributed by atoms with van der Waals surface area (Å²) in [6.07, 6.45) is 9.14. The average Bonchev–Trinajstić information content (AvgIpc) is 3.11. The van der Waals surface area contributed by atoms with Gasteiger partial charge in [0.1, 0.15) is 23.2 Å². The van der Waals surface area contributed by atoms with E-state index in [1.807, 2.05) is 65.8 Å². The fraction of sp³-hybridized carbons (Fsp3) is 0.741. The second kappa shape index (κ2) is 9.04. The van der Waals surface area contributed by atoms with Crippen molar-refractivity contribution in [3.05, 3.63) is 24.3 Å². The molecule has 4 aliphatic rings. The number of cyclic esters (lactones) is 1. The Bertz CT molecular complexity index is 936. The van der Waals surface area contributed by atoms with Gasteiger partial charge in [-0.1, -0.05) is 45.1 Å². The van der Waals surface area contributed by atoms with Gasteiger partial charge in [0.2, 0.25) is 11.8 Å². The van der Waals surface area contributed by atoms with Gasteiger partial charge in [-0.15, -0.1) is 0 Å². The number of ether oxygens (including phenoxy) is 2. The number of hydrogen-bond donors (Lipinski definition) is 1. The van der Waals surface area contributed by atoms with Crippen LogP contribution in [-0.2, 0) is 23.9 Å². The number of hydrogen-bond acceptors (Lipinski definition) is 6. The van der Waals surface area contributed by atoms with E-state index < -0.39 is 46.6 Å². The number of amides is 2. The maximum atomic E-state index is 14.3. The van der Waals surface area contributed by atoms with Crippen LogP contribution in [0.3, 0.4) is 0 Å². The van der Waals surface area contributed by atoms with E-state index in [0.29, 0.717) is 25.8 Å². The van der Waals surface area contributed by atoms with Gasteiger partial charge in [-0.2, -0.15) is 0 Å². The fourth-order valence-corrected chi connectivity index (χ4v) is 6.48. The number of carbonyl (C=O) groups excluding carboxylic acids is 3. The molecule has 0 radical (unpaired) electrons. The summed E-state index contributed by atoms with van der Waals surface area (Å²) >= 11 is 0. The Labute approximate surface area is 208 Å². The minimum absolute atomic E-state index is 0.191. The zero-order chi connectivity index (χ0) is 25.8. The molecule has 8 heteroatoms. The first-order valence-electron chi connectivity index (χ1n) is 12.9. The number of nitrogens with zero attached hydrogens (tertiary/aromatic N) is 2. The highest BCUT2D eigenvalue weighted by Gasteiger charge is 2.76. The normalized spacial score (nSPS) is 35.9. The Kier molecular flexibility index (Phi) is 6.68. The van der Waals surface area contributed by atoms with Crippen LogP contribution in [0.5, 0.6) is 0 Å². The molecule has 0 aromatic heterocycles. The van der Waals surface area contributed by atoms with Crippen LogP contribution in [0.25, 0.3) is 0 Å². The molecule has 8 nitrogen and oxygen atoms in total. The number of esters is 1. The van der Waals surface area contributed by atoms with Crippen LogP contribution in [0.15, 0.2) is 24.3 Å². The van der Waals surface area contributed by atoms with E-state index in [9.17, 15) is 19.5 Å². The summed E-state index contributed by atoms with van der Waals surface area (Å²) in [7, 11) is 0. The van der Waals surface area contributed by atoms with Crippen LogP contribution in [0.1, 0.15) is 60.8 Å². The molecule has 2 saturated heterocycles. The van der Waals surface area contributed by atoms with Crippen molar-refractivity contribution in [1.82, 2.24) is 9.80 Å². The molecule has 1 N–H and O–H groups in total. The van der Waals surface area contributed by atoms with E-state index in [1.54, 1.807) is 4.90 Å². The molecule has 0 aromatic carbocycles. The van der Waals surface area contributed by atoms with Crippen molar-refractivity contribution in [2.75, 3.05) is 19.8 Å². The predicted molar refractivity (Wildman–Crippen MR) is 130 cm³/mol. The van der Waals surface area contributed by atoms with Gasteiger partial charge in [0.15, 0.2) is 0 Å². The quantitative estimate of drug-likeness (QED) is 0.472. The molecule has 4 rings (SSSR count). The van der Waals surface area contributed by atoms with Gasteiger partial charge in [0, 0.05) is 12.1 Å². The van der Waals surface area contributed by atoms with Gasteiger partial charge in [-0.3, -0.25) is 14.4 Å². The number of aliphatic hydroxyl groups is 1. The summed E-state index contributed by atoms with van der Waals surface area (Å²) in [5, 5.41) is 10.4. The van der Waals surface area contributed by atoms with Gasteiger partial charge in [-0.05, 0) is 46.0 Å². The molecule has 4 heterocycles. The largest absolute Gasteiger partial charge is 0.465 e. The molecule has 194 valence electrons. The van der Waals surface area contributed by atoms with E-state index in [0.717, 1.165) is 0 Å². The molecule has 0 aliphatic carbocycles. The summed E-state index contributed by atoms with van der Waals surface area (Å²) in [5.74, 6) is -2.61. The minimum atomic E-state index is -1.33. The molecule has 0 saturated carbocycles. The van der Waals surface area contributed by atoms with E-state index in [4.69, 9.17) is 9.47 Å². The van der Waals surface area contributed by atoms with Crippen molar-refractivity contribution < 1.29 is 29.0 Å². The summed E-state index contributed by atoms with van der Waals surface area (Å²) < 4.78 is 12.4. The van der Waals surface area contributed by atoms with Crippen LogP contribution < -0.4 is 0 Å². The molecule has 0 bridgehead atoms. The van der Waals surface area contributed by atoms with Crippen molar-refractivity contribution >= 4 is 17.8 Å². The number of fused-ring (bicyclic) bond motifs is 2. The molecule has 2 amide bonds.